The Labute approximate surface area is 140 Å². The van der Waals surface area contributed by atoms with Crippen molar-refractivity contribution in [2.45, 2.75) is 26.3 Å². The van der Waals surface area contributed by atoms with Crippen LogP contribution in [0.4, 0.5) is 4.79 Å². The van der Waals surface area contributed by atoms with Gasteiger partial charge in [0.1, 0.15) is 0 Å². The second kappa shape index (κ2) is 9.39. The van der Waals surface area contributed by atoms with Gasteiger partial charge in [0.15, 0.2) is 18.1 Å². The lowest BCUT2D eigenvalue weighted by Gasteiger charge is -2.13. The molecule has 132 valence electrons. The molecule has 0 bridgehead atoms. The molecule has 0 spiro atoms. The quantitative estimate of drug-likeness (QED) is 0.730. The van der Waals surface area contributed by atoms with Crippen LogP contribution in [-0.2, 0) is 9.53 Å². The normalized spacial score (nSPS) is 11.2. The molecule has 1 aromatic carbocycles. The van der Waals surface area contributed by atoms with E-state index in [0.717, 1.165) is 6.42 Å². The first-order valence-corrected chi connectivity index (χ1v) is 7.40. The van der Waals surface area contributed by atoms with E-state index >= 15 is 0 Å². The average molecular weight is 338 g/mol. The molecule has 8 nitrogen and oxygen atoms in total. The number of hydrogen-bond donors (Lipinski definition) is 2. The van der Waals surface area contributed by atoms with Gasteiger partial charge in [0.2, 0.25) is 0 Å². The summed E-state index contributed by atoms with van der Waals surface area (Å²) < 4.78 is 15.1. The third-order valence-corrected chi connectivity index (χ3v) is 3.19. The Morgan fingerprint density at radius 2 is 1.88 bits per heavy atom. The summed E-state index contributed by atoms with van der Waals surface area (Å²) in [7, 11) is 2.68. The van der Waals surface area contributed by atoms with Crippen LogP contribution in [0.5, 0.6) is 11.5 Å². The minimum Gasteiger partial charge on any atom is -0.493 e. The molecule has 0 aliphatic heterocycles. The maximum absolute atomic E-state index is 11.7. The topological polar surface area (TPSA) is 103 Å². The number of benzene rings is 1. The minimum atomic E-state index is -0.602. The average Bonchev–Trinajstić information content (AvgIpc) is 2.58. The number of nitrogens with one attached hydrogen (secondary N) is 2. The van der Waals surface area contributed by atoms with Crippen LogP contribution in [0.25, 0.3) is 0 Å². The molecule has 0 fully saturated rings. The number of rotatable bonds is 7. The lowest BCUT2D eigenvalue weighted by molar-refractivity contribution is -0.122. The summed E-state index contributed by atoms with van der Waals surface area (Å²) in [6.07, 6.45) is 0.752. The zero-order valence-corrected chi connectivity index (χ0v) is 14.2. The van der Waals surface area contributed by atoms with Gasteiger partial charge in [0.05, 0.1) is 19.8 Å². The number of ether oxygens (including phenoxy) is 3. The molecule has 0 aromatic heterocycles. The van der Waals surface area contributed by atoms with Crippen molar-refractivity contribution in [2.24, 2.45) is 0 Å². The fourth-order valence-electron chi connectivity index (χ4n) is 1.70. The molecule has 0 unspecified atom stereocenters. The highest BCUT2D eigenvalue weighted by molar-refractivity contribution is 5.95. The molecule has 0 saturated carbocycles. The van der Waals surface area contributed by atoms with Crippen molar-refractivity contribution in [3.05, 3.63) is 23.8 Å². The van der Waals surface area contributed by atoms with E-state index in [1.54, 1.807) is 0 Å². The van der Waals surface area contributed by atoms with E-state index in [0.29, 0.717) is 5.56 Å². The van der Waals surface area contributed by atoms with Gasteiger partial charge in [-0.1, -0.05) is 6.92 Å². The molecular formula is C16H22N2O6. The fourth-order valence-corrected chi connectivity index (χ4v) is 1.70. The largest absolute Gasteiger partial charge is 0.493 e. The van der Waals surface area contributed by atoms with Crippen LogP contribution in [0.3, 0.4) is 0 Å². The van der Waals surface area contributed by atoms with Crippen molar-refractivity contribution in [2.75, 3.05) is 20.8 Å². The van der Waals surface area contributed by atoms with E-state index in [9.17, 15) is 14.4 Å². The van der Waals surface area contributed by atoms with Crippen LogP contribution in [0, 0.1) is 0 Å². The Morgan fingerprint density at radius 3 is 2.46 bits per heavy atom. The molecule has 0 saturated heterocycles. The Morgan fingerprint density at radius 1 is 1.17 bits per heavy atom. The highest BCUT2D eigenvalue weighted by Gasteiger charge is 2.14. The van der Waals surface area contributed by atoms with E-state index in [4.69, 9.17) is 9.47 Å². The predicted octanol–water partition coefficient (Wildman–Crippen LogP) is 1.48. The van der Waals surface area contributed by atoms with Gasteiger partial charge in [0.25, 0.3) is 5.91 Å². The van der Waals surface area contributed by atoms with E-state index in [2.05, 4.69) is 15.4 Å². The summed E-state index contributed by atoms with van der Waals surface area (Å²) in [5, 5.41) is 4.77. The zero-order chi connectivity index (χ0) is 18.1. The number of imide groups is 1. The molecule has 1 aromatic rings. The SMILES string of the molecule is CC[C@H](C)NC(=O)NC(=O)COc1ccc(C(=O)OC)cc1OC. The molecule has 8 heteroatoms. The third-order valence-electron chi connectivity index (χ3n) is 3.19. The van der Waals surface area contributed by atoms with Crippen LogP contribution >= 0.6 is 0 Å². The monoisotopic (exact) mass is 338 g/mol. The lowest BCUT2D eigenvalue weighted by Crippen LogP contribution is -2.44. The summed E-state index contributed by atoms with van der Waals surface area (Å²) in [6, 6.07) is 3.79. The van der Waals surface area contributed by atoms with E-state index in [1.165, 1.54) is 32.4 Å². The zero-order valence-electron chi connectivity index (χ0n) is 14.2. The molecule has 2 N–H and O–H groups in total. The highest BCUT2D eigenvalue weighted by atomic mass is 16.5. The molecular weight excluding hydrogens is 316 g/mol. The van der Waals surface area contributed by atoms with Crippen LogP contribution in [0.2, 0.25) is 0 Å². The number of hydrogen-bond acceptors (Lipinski definition) is 6. The van der Waals surface area contributed by atoms with Gasteiger partial charge in [-0.05, 0) is 31.5 Å². The number of carbonyl (C=O) groups excluding carboxylic acids is 3. The van der Waals surface area contributed by atoms with Gasteiger partial charge in [-0.3, -0.25) is 10.1 Å². The van der Waals surface area contributed by atoms with E-state index < -0.39 is 17.9 Å². The lowest BCUT2D eigenvalue weighted by atomic mass is 10.2. The summed E-state index contributed by atoms with van der Waals surface area (Å²) in [5.74, 6) is -0.577. The summed E-state index contributed by atoms with van der Waals surface area (Å²) in [6.45, 7) is 3.37. The van der Waals surface area contributed by atoms with E-state index in [-0.39, 0.29) is 24.1 Å². The second-order valence-electron chi connectivity index (χ2n) is 4.98. The Balaban J connectivity index is 2.62. The summed E-state index contributed by atoms with van der Waals surface area (Å²) in [4.78, 5) is 34.7. The van der Waals surface area contributed by atoms with Gasteiger partial charge in [0, 0.05) is 6.04 Å². The summed E-state index contributed by atoms with van der Waals surface area (Å²) >= 11 is 0. The molecule has 0 aliphatic rings. The number of methoxy groups -OCH3 is 2. The molecule has 0 aliphatic carbocycles. The predicted molar refractivity (Wildman–Crippen MR) is 86.3 cm³/mol. The number of carbonyl (C=O) groups is 3. The van der Waals surface area contributed by atoms with Gasteiger partial charge in [-0.25, -0.2) is 9.59 Å². The first kappa shape index (κ1) is 19.3. The summed E-state index contributed by atoms with van der Waals surface area (Å²) in [5.41, 5.74) is 0.291. The molecule has 1 atom stereocenters. The van der Waals surface area contributed by atoms with Crippen LogP contribution < -0.4 is 20.1 Å². The van der Waals surface area contributed by atoms with Gasteiger partial charge in [-0.15, -0.1) is 0 Å². The van der Waals surface area contributed by atoms with E-state index in [1.807, 2.05) is 13.8 Å². The molecule has 3 amide bonds. The third kappa shape index (κ3) is 5.79. The van der Waals surface area contributed by atoms with Gasteiger partial charge >= 0.3 is 12.0 Å². The first-order chi connectivity index (χ1) is 11.4. The smallest absolute Gasteiger partial charge is 0.337 e. The fraction of sp³-hybridized carbons (Fsp3) is 0.438. The minimum absolute atomic E-state index is 0.0373. The number of esters is 1. The van der Waals surface area contributed by atoms with Crippen LogP contribution in [-0.4, -0.2) is 44.8 Å². The highest BCUT2D eigenvalue weighted by Crippen LogP contribution is 2.28. The van der Waals surface area contributed by atoms with Crippen molar-refractivity contribution in [3.63, 3.8) is 0 Å². The van der Waals surface area contributed by atoms with Crippen molar-refractivity contribution in [3.8, 4) is 11.5 Å². The number of urea groups is 1. The van der Waals surface area contributed by atoms with Gasteiger partial charge in [-0.2, -0.15) is 0 Å². The maximum Gasteiger partial charge on any atom is 0.337 e. The molecule has 1 rings (SSSR count). The number of amides is 3. The van der Waals surface area contributed by atoms with Crippen molar-refractivity contribution < 1.29 is 28.6 Å². The Bertz CT molecular complexity index is 602. The van der Waals surface area contributed by atoms with Crippen LogP contribution in [0.15, 0.2) is 18.2 Å². The Kier molecular flexibility index (Phi) is 7.54. The Hall–Kier alpha value is -2.77. The maximum atomic E-state index is 11.7. The van der Waals surface area contributed by atoms with Gasteiger partial charge < -0.3 is 19.5 Å². The van der Waals surface area contributed by atoms with Crippen molar-refractivity contribution in [1.29, 1.82) is 0 Å². The van der Waals surface area contributed by atoms with Crippen molar-refractivity contribution >= 4 is 17.9 Å². The standard InChI is InChI=1S/C16H22N2O6/c1-5-10(2)17-16(21)18-14(19)9-24-12-7-6-11(15(20)23-4)8-13(12)22-3/h6-8,10H,5,9H2,1-4H3,(H2,17,18,19,21)/t10-/m0/s1. The van der Waals surface area contributed by atoms with Crippen LogP contribution in [0.1, 0.15) is 30.6 Å². The molecule has 24 heavy (non-hydrogen) atoms. The second-order valence-corrected chi connectivity index (χ2v) is 4.98. The first-order valence-electron chi connectivity index (χ1n) is 7.40. The van der Waals surface area contributed by atoms with Crippen molar-refractivity contribution in [1.82, 2.24) is 10.6 Å². The molecule has 0 heterocycles. The molecule has 0 radical (unpaired) electrons.